The lowest BCUT2D eigenvalue weighted by Crippen LogP contribution is -1.89. The number of ether oxygens (including phenoxy) is 1. The summed E-state index contributed by atoms with van der Waals surface area (Å²) in [6.45, 7) is 0. The second-order valence-corrected chi connectivity index (χ2v) is 4.15. The van der Waals surface area contributed by atoms with Gasteiger partial charge < -0.3 is 14.9 Å². The number of nitrogens with two attached hydrogens (primary N) is 1. The highest BCUT2D eigenvalue weighted by molar-refractivity contribution is 6.32. The molecule has 0 saturated heterocycles. The minimum Gasteiger partial charge on any atom is -0.409 e. The molecular weight excluding hydrogens is 252 g/mol. The molecule has 0 bridgehead atoms. The van der Waals surface area contributed by atoms with Crippen LogP contribution >= 0.6 is 11.6 Å². The summed E-state index contributed by atoms with van der Waals surface area (Å²) in [6, 6.07) is 12.4. The molecule has 0 saturated carbocycles. The van der Waals surface area contributed by atoms with Crippen LogP contribution in [0.4, 0.5) is 5.69 Å². The fourth-order valence-corrected chi connectivity index (χ4v) is 1.74. The molecular formula is C13H9ClN2O2. The third-order valence-corrected chi connectivity index (χ3v) is 2.74. The Morgan fingerprint density at radius 3 is 2.83 bits per heavy atom. The molecule has 0 atom stereocenters. The van der Waals surface area contributed by atoms with Crippen LogP contribution in [0.2, 0.25) is 5.02 Å². The van der Waals surface area contributed by atoms with E-state index in [0.717, 1.165) is 5.52 Å². The molecule has 3 rings (SSSR count). The maximum atomic E-state index is 5.99. The Balaban J connectivity index is 1.98. The van der Waals surface area contributed by atoms with Gasteiger partial charge >= 0.3 is 6.08 Å². The summed E-state index contributed by atoms with van der Waals surface area (Å²) in [4.78, 5) is 4.19. The average molecular weight is 261 g/mol. The molecule has 0 radical (unpaired) electrons. The van der Waals surface area contributed by atoms with Crippen LogP contribution in [0.15, 0.2) is 46.9 Å². The first-order valence-corrected chi connectivity index (χ1v) is 5.68. The fraction of sp³-hybridized carbons (Fsp3) is 0. The molecule has 0 spiro atoms. The van der Waals surface area contributed by atoms with Crippen LogP contribution in [0.5, 0.6) is 11.8 Å². The van der Waals surface area contributed by atoms with Crippen LogP contribution in [0.3, 0.4) is 0 Å². The number of oxazole rings is 1. The van der Waals surface area contributed by atoms with Crippen molar-refractivity contribution in [3.05, 3.63) is 47.5 Å². The van der Waals surface area contributed by atoms with E-state index in [1.165, 1.54) is 0 Å². The lowest BCUT2D eigenvalue weighted by Gasteiger charge is -2.03. The van der Waals surface area contributed by atoms with Crippen molar-refractivity contribution in [3.63, 3.8) is 0 Å². The first kappa shape index (κ1) is 10.9. The van der Waals surface area contributed by atoms with Crippen LogP contribution in [0.1, 0.15) is 0 Å². The Bertz CT molecular complexity index is 676. The fourth-order valence-electron chi connectivity index (χ4n) is 1.59. The topological polar surface area (TPSA) is 61.3 Å². The third-order valence-electron chi connectivity index (χ3n) is 2.43. The Kier molecular flexibility index (Phi) is 2.57. The Labute approximate surface area is 108 Å². The van der Waals surface area contributed by atoms with Gasteiger partial charge in [0, 0.05) is 11.8 Å². The first-order chi connectivity index (χ1) is 8.72. The summed E-state index contributed by atoms with van der Waals surface area (Å²) in [5, 5.41) is 0.450. The van der Waals surface area contributed by atoms with Gasteiger partial charge in [-0.15, -0.1) is 0 Å². The van der Waals surface area contributed by atoms with E-state index in [4.69, 9.17) is 26.5 Å². The van der Waals surface area contributed by atoms with Crippen molar-refractivity contribution >= 4 is 28.4 Å². The second-order valence-electron chi connectivity index (χ2n) is 3.74. The van der Waals surface area contributed by atoms with Gasteiger partial charge in [0.25, 0.3) is 0 Å². The molecule has 0 aliphatic carbocycles. The molecule has 0 fully saturated rings. The maximum Gasteiger partial charge on any atom is 0.400 e. The van der Waals surface area contributed by atoms with Crippen molar-refractivity contribution in [3.8, 4) is 11.8 Å². The molecule has 1 heterocycles. The summed E-state index contributed by atoms with van der Waals surface area (Å²) in [5.74, 6) is 0.420. The number of fused-ring (bicyclic) bond motifs is 1. The van der Waals surface area contributed by atoms with Gasteiger partial charge in [-0.2, -0.15) is 4.98 Å². The second kappa shape index (κ2) is 4.23. The molecule has 0 unspecified atom stereocenters. The van der Waals surface area contributed by atoms with Gasteiger partial charge in [-0.3, -0.25) is 0 Å². The van der Waals surface area contributed by atoms with Crippen LogP contribution < -0.4 is 10.5 Å². The number of hydrogen-bond donors (Lipinski definition) is 1. The number of hydrogen-bond acceptors (Lipinski definition) is 4. The number of anilines is 1. The van der Waals surface area contributed by atoms with Gasteiger partial charge in [0.05, 0.1) is 5.02 Å². The van der Waals surface area contributed by atoms with E-state index in [-0.39, 0.29) is 6.08 Å². The zero-order chi connectivity index (χ0) is 12.5. The smallest absolute Gasteiger partial charge is 0.400 e. The molecule has 5 heteroatoms. The number of nitrogen functional groups attached to an aromatic ring is 1. The molecule has 2 N–H and O–H groups in total. The van der Waals surface area contributed by atoms with E-state index in [2.05, 4.69) is 4.98 Å². The van der Waals surface area contributed by atoms with Crippen LogP contribution in [0.25, 0.3) is 11.1 Å². The third kappa shape index (κ3) is 1.98. The van der Waals surface area contributed by atoms with E-state index >= 15 is 0 Å². The predicted molar refractivity (Wildman–Crippen MR) is 69.9 cm³/mol. The van der Waals surface area contributed by atoms with Crippen molar-refractivity contribution in [2.45, 2.75) is 0 Å². The molecule has 3 aromatic rings. The van der Waals surface area contributed by atoms with E-state index in [9.17, 15) is 0 Å². The van der Waals surface area contributed by atoms with Crippen molar-refractivity contribution in [1.29, 1.82) is 0 Å². The summed E-state index contributed by atoms with van der Waals surface area (Å²) in [6.07, 6.45) is 0.142. The molecule has 90 valence electrons. The van der Waals surface area contributed by atoms with Gasteiger partial charge in [-0.1, -0.05) is 23.7 Å². The van der Waals surface area contributed by atoms with Gasteiger partial charge in [0.15, 0.2) is 11.3 Å². The standard InChI is InChI=1S/C13H9ClN2O2/c14-9-6-5-8(15)7-12(9)18-13-16-10-3-1-2-4-11(10)17-13/h1-7H,15H2. The summed E-state index contributed by atoms with van der Waals surface area (Å²) in [7, 11) is 0. The molecule has 1 aromatic heterocycles. The SMILES string of the molecule is Nc1ccc(Cl)c(Oc2nc3ccccc3o2)c1. The zero-order valence-electron chi connectivity index (χ0n) is 9.26. The highest BCUT2D eigenvalue weighted by atomic mass is 35.5. The van der Waals surface area contributed by atoms with Crippen LogP contribution in [-0.4, -0.2) is 4.98 Å². The lowest BCUT2D eigenvalue weighted by molar-refractivity contribution is 0.343. The molecule has 4 nitrogen and oxygen atoms in total. The Hall–Kier alpha value is -2.20. The van der Waals surface area contributed by atoms with Gasteiger partial charge in [0.2, 0.25) is 0 Å². The van der Waals surface area contributed by atoms with Gasteiger partial charge in [0.1, 0.15) is 5.52 Å². The summed E-state index contributed by atoms with van der Waals surface area (Å²) >= 11 is 5.99. The number of aromatic nitrogens is 1. The minimum absolute atomic E-state index is 0.142. The average Bonchev–Trinajstić information content (AvgIpc) is 2.76. The lowest BCUT2D eigenvalue weighted by atomic mass is 10.3. The van der Waals surface area contributed by atoms with Gasteiger partial charge in [-0.05, 0) is 24.3 Å². The van der Waals surface area contributed by atoms with E-state index in [0.29, 0.717) is 22.0 Å². The van der Waals surface area contributed by atoms with Crippen LogP contribution in [0, 0.1) is 0 Å². The van der Waals surface area contributed by atoms with Gasteiger partial charge in [-0.25, -0.2) is 0 Å². The first-order valence-electron chi connectivity index (χ1n) is 5.31. The highest BCUT2D eigenvalue weighted by Gasteiger charge is 2.10. The minimum atomic E-state index is 0.142. The quantitative estimate of drug-likeness (QED) is 0.711. The number of benzene rings is 2. The zero-order valence-corrected chi connectivity index (χ0v) is 10.0. The molecule has 0 amide bonds. The number of para-hydroxylation sites is 2. The van der Waals surface area contributed by atoms with E-state index in [1.807, 2.05) is 24.3 Å². The van der Waals surface area contributed by atoms with Crippen LogP contribution in [-0.2, 0) is 0 Å². The normalized spacial score (nSPS) is 10.7. The van der Waals surface area contributed by atoms with Crippen molar-refractivity contribution in [2.75, 3.05) is 5.73 Å². The maximum absolute atomic E-state index is 5.99. The van der Waals surface area contributed by atoms with Crippen molar-refractivity contribution < 1.29 is 9.15 Å². The Morgan fingerprint density at radius 2 is 2.00 bits per heavy atom. The summed E-state index contributed by atoms with van der Waals surface area (Å²) < 4.78 is 10.9. The largest absolute Gasteiger partial charge is 0.409 e. The summed E-state index contributed by atoms with van der Waals surface area (Å²) in [5.41, 5.74) is 7.62. The Morgan fingerprint density at radius 1 is 1.17 bits per heavy atom. The van der Waals surface area contributed by atoms with Crippen molar-refractivity contribution in [1.82, 2.24) is 4.98 Å². The highest BCUT2D eigenvalue weighted by Crippen LogP contribution is 2.32. The molecule has 0 aliphatic heterocycles. The number of nitrogens with zero attached hydrogens (tertiary/aromatic N) is 1. The van der Waals surface area contributed by atoms with Crippen molar-refractivity contribution in [2.24, 2.45) is 0 Å². The van der Waals surface area contributed by atoms with E-state index in [1.54, 1.807) is 18.2 Å². The molecule has 18 heavy (non-hydrogen) atoms. The molecule has 0 aliphatic rings. The predicted octanol–water partition coefficient (Wildman–Crippen LogP) is 3.86. The molecule has 2 aromatic carbocycles. The monoisotopic (exact) mass is 260 g/mol. The van der Waals surface area contributed by atoms with E-state index < -0.39 is 0 Å². The number of halogens is 1. The number of rotatable bonds is 2.